The van der Waals surface area contributed by atoms with Crippen LogP contribution in [0, 0.1) is 6.92 Å². The number of aliphatic hydroxyl groups excluding tert-OH is 1. The molecule has 6 N–H and O–H groups in total. The Balaban J connectivity index is 1.23. The predicted molar refractivity (Wildman–Crippen MR) is 155 cm³/mol. The van der Waals surface area contributed by atoms with Crippen molar-refractivity contribution in [1.29, 1.82) is 0 Å². The zero-order chi connectivity index (χ0) is 33.2. The fourth-order valence-corrected chi connectivity index (χ4v) is 7.80. The molecular formula is C24H30N8O13P2. The Hall–Kier alpha value is -3.17. The number of fused-ring (bicyclic) bond motifs is 5. The molecule has 7 heterocycles. The monoisotopic (exact) mass is 700 g/mol. The normalized spacial score (nSPS) is 36.6. The first-order valence-corrected chi connectivity index (χ1v) is 17.3. The molecular weight excluding hydrogens is 670 g/mol. The lowest BCUT2D eigenvalue weighted by atomic mass is 10.1. The quantitative estimate of drug-likeness (QED) is 0.176. The second-order valence-electron chi connectivity index (χ2n) is 10.9. The summed E-state index contributed by atoms with van der Waals surface area (Å²) in [6.07, 6.45) is -7.06. The van der Waals surface area contributed by atoms with Gasteiger partial charge in [0, 0.05) is 12.8 Å². The molecule has 3 aliphatic heterocycles. The number of nitrogens with zero attached hydrogens (tertiary/aromatic N) is 6. The van der Waals surface area contributed by atoms with Crippen LogP contribution in [-0.4, -0.2) is 105 Å². The lowest BCUT2D eigenvalue weighted by Gasteiger charge is -2.26. The third kappa shape index (κ3) is 5.92. The number of aliphatic hydroxyl groups is 1. The van der Waals surface area contributed by atoms with E-state index in [0.29, 0.717) is 5.39 Å². The number of phosphoric acid groups is 2. The van der Waals surface area contributed by atoms with E-state index in [1.807, 2.05) is 0 Å². The summed E-state index contributed by atoms with van der Waals surface area (Å²) in [6, 6.07) is 1.58. The smallest absolute Gasteiger partial charge is 0.386 e. The van der Waals surface area contributed by atoms with E-state index in [1.54, 1.807) is 19.9 Å². The van der Waals surface area contributed by atoms with Crippen molar-refractivity contribution >= 4 is 43.7 Å². The average molecular weight is 700 g/mol. The molecule has 4 unspecified atom stereocenters. The number of nitrogens with two attached hydrogens (primary N) is 1. The van der Waals surface area contributed by atoms with Crippen molar-refractivity contribution in [3.8, 4) is 0 Å². The van der Waals surface area contributed by atoms with Gasteiger partial charge in [-0.2, -0.15) is 0 Å². The Morgan fingerprint density at radius 2 is 1.72 bits per heavy atom. The number of aromatic amines is 1. The summed E-state index contributed by atoms with van der Waals surface area (Å²) in [6.45, 7) is 1.87. The van der Waals surface area contributed by atoms with Gasteiger partial charge in [0.25, 0.3) is 5.56 Å². The highest BCUT2D eigenvalue weighted by molar-refractivity contribution is 7.47. The van der Waals surface area contributed by atoms with Gasteiger partial charge in [-0.15, -0.1) is 0 Å². The minimum Gasteiger partial charge on any atom is -0.386 e. The summed E-state index contributed by atoms with van der Waals surface area (Å²) >= 11 is 0. The summed E-state index contributed by atoms with van der Waals surface area (Å²) in [7, 11) is -10.0. The first-order valence-electron chi connectivity index (χ1n) is 14.3. The molecule has 4 aromatic heterocycles. The summed E-state index contributed by atoms with van der Waals surface area (Å²) in [4.78, 5) is 53.3. The molecule has 2 bridgehead atoms. The first-order chi connectivity index (χ1) is 22.4. The number of nitrogens with one attached hydrogen (secondary N) is 1. The average Bonchev–Trinajstić information content (AvgIpc) is 3.76. The molecule has 4 aromatic rings. The third-order valence-electron chi connectivity index (χ3n) is 7.91. The van der Waals surface area contributed by atoms with E-state index in [9.17, 15) is 28.8 Å². The molecule has 23 heteroatoms. The van der Waals surface area contributed by atoms with Crippen LogP contribution in [0.1, 0.15) is 25.2 Å². The van der Waals surface area contributed by atoms with Crippen molar-refractivity contribution in [2.24, 2.45) is 0 Å². The lowest BCUT2D eigenvalue weighted by molar-refractivity contribution is -0.0677. The van der Waals surface area contributed by atoms with Crippen molar-refractivity contribution in [2.45, 2.75) is 62.9 Å². The standard InChI is InChI=1S/C24H30N8O13P2/c1-3-39-17-13-7-41-46(35,36)44-16-12(42-23(15(16)33)31-5-4-11-19(25)26-8-27-20(11)31)6-40-47(37,38)45-18(17)24(43-13)32-9-28-14-21(32)29-10(2)30-22(14)34/h4-5,8-9,12-13,15-18,23-24,33H,3,6-7H2,1-2H3,(H,35,36)(H,37,38)(H2,25,26,27)(H,29,30,34)/t12-,13-,15+,16?,17?,18+,23-,24-/m1/s1. The van der Waals surface area contributed by atoms with Crippen molar-refractivity contribution in [3.63, 3.8) is 0 Å². The molecule has 254 valence electrons. The van der Waals surface area contributed by atoms with Gasteiger partial charge in [-0.1, -0.05) is 0 Å². The van der Waals surface area contributed by atoms with Crippen LogP contribution in [0.5, 0.6) is 0 Å². The highest BCUT2D eigenvalue weighted by atomic mass is 31.2. The third-order valence-corrected chi connectivity index (χ3v) is 9.88. The fraction of sp³-hybridized carbons (Fsp3) is 0.542. The van der Waals surface area contributed by atoms with Gasteiger partial charge in [0.15, 0.2) is 23.6 Å². The van der Waals surface area contributed by atoms with Gasteiger partial charge in [-0.05, 0) is 19.9 Å². The SMILES string of the molecule is CCOC1[C@H]2COP(=O)(O)OC3[C@@H](COP(=O)(O)O[C@@H]1[C@H](n1cnc4c(=O)[nH]c(C)nc41)O2)O[C@@H](n1ccc2c(N)ncnc21)[C@H]3O. The van der Waals surface area contributed by atoms with Gasteiger partial charge in [0.2, 0.25) is 0 Å². The molecule has 0 spiro atoms. The van der Waals surface area contributed by atoms with E-state index in [1.165, 1.54) is 28.0 Å². The Morgan fingerprint density at radius 3 is 2.47 bits per heavy atom. The van der Waals surface area contributed by atoms with Crippen LogP contribution in [0.2, 0.25) is 0 Å². The van der Waals surface area contributed by atoms with Crippen molar-refractivity contribution < 1.29 is 56.3 Å². The maximum absolute atomic E-state index is 13.5. The second-order valence-corrected chi connectivity index (χ2v) is 13.7. The summed E-state index contributed by atoms with van der Waals surface area (Å²) in [5.41, 5.74) is 5.69. The van der Waals surface area contributed by atoms with Gasteiger partial charge in [-0.3, -0.25) is 27.5 Å². The van der Waals surface area contributed by atoms with Crippen LogP contribution in [-0.2, 0) is 41.4 Å². The highest BCUT2D eigenvalue weighted by Gasteiger charge is 2.54. The number of aryl methyl sites for hydroxylation is 1. The van der Waals surface area contributed by atoms with Crippen LogP contribution in [0.3, 0.4) is 0 Å². The number of phosphoric ester groups is 2. The van der Waals surface area contributed by atoms with E-state index < -0.39 is 83.5 Å². The van der Waals surface area contributed by atoms with E-state index in [-0.39, 0.29) is 35.1 Å². The summed E-state index contributed by atoms with van der Waals surface area (Å²) in [5, 5.41) is 11.7. The lowest BCUT2D eigenvalue weighted by Crippen LogP contribution is -2.38. The van der Waals surface area contributed by atoms with E-state index in [0.717, 1.165) is 0 Å². The largest absolute Gasteiger partial charge is 0.472 e. The molecule has 0 aliphatic carbocycles. The number of hydrogen-bond donors (Lipinski definition) is 5. The molecule has 0 saturated carbocycles. The van der Waals surface area contributed by atoms with E-state index in [2.05, 4.69) is 24.9 Å². The first kappa shape index (κ1) is 32.4. The summed E-state index contributed by atoms with van der Waals surface area (Å²) < 4.78 is 69.0. The second kappa shape index (κ2) is 12.1. The van der Waals surface area contributed by atoms with E-state index in [4.69, 9.17) is 38.0 Å². The Morgan fingerprint density at radius 1 is 1.02 bits per heavy atom. The molecule has 0 radical (unpaired) electrons. The number of hydrogen-bond acceptors (Lipinski definition) is 16. The number of H-pyrrole nitrogens is 1. The summed E-state index contributed by atoms with van der Waals surface area (Å²) in [5.74, 6) is 0.421. The van der Waals surface area contributed by atoms with E-state index >= 15 is 0 Å². The minimum absolute atomic E-state index is 0.0427. The molecule has 0 aromatic carbocycles. The van der Waals surface area contributed by atoms with Gasteiger partial charge in [0.1, 0.15) is 60.2 Å². The maximum atomic E-state index is 13.5. The van der Waals surface area contributed by atoms with Gasteiger partial charge in [0.05, 0.1) is 24.9 Å². The number of imidazole rings is 1. The van der Waals surface area contributed by atoms with Crippen LogP contribution in [0.25, 0.3) is 22.2 Å². The van der Waals surface area contributed by atoms with Gasteiger partial charge >= 0.3 is 15.6 Å². The Labute approximate surface area is 263 Å². The maximum Gasteiger partial charge on any atom is 0.472 e. The highest BCUT2D eigenvalue weighted by Crippen LogP contribution is 2.54. The number of rotatable bonds is 4. The van der Waals surface area contributed by atoms with Crippen LogP contribution in [0.15, 0.2) is 29.7 Å². The number of nitrogen functional groups attached to an aromatic ring is 1. The molecule has 3 saturated heterocycles. The molecule has 21 nitrogen and oxygen atoms in total. The molecule has 3 aliphatic rings. The zero-order valence-corrected chi connectivity index (χ0v) is 26.4. The predicted octanol–water partition coefficient (Wildman–Crippen LogP) is 0.0339. The molecule has 47 heavy (non-hydrogen) atoms. The van der Waals surface area contributed by atoms with Crippen molar-refractivity contribution in [1.82, 2.24) is 34.1 Å². The van der Waals surface area contributed by atoms with Crippen LogP contribution >= 0.6 is 15.6 Å². The topological polar surface area (TPSA) is 280 Å². The van der Waals surface area contributed by atoms with Crippen molar-refractivity contribution in [2.75, 3.05) is 25.6 Å². The van der Waals surface area contributed by atoms with Crippen molar-refractivity contribution in [3.05, 3.63) is 41.1 Å². The number of aromatic nitrogens is 7. The van der Waals surface area contributed by atoms with Gasteiger partial charge in [-0.25, -0.2) is 29.1 Å². The molecule has 0 amide bonds. The Kier molecular flexibility index (Phi) is 8.31. The zero-order valence-electron chi connectivity index (χ0n) is 24.6. The molecule has 3 fully saturated rings. The number of anilines is 1. The van der Waals surface area contributed by atoms with Gasteiger partial charge < -0.3 is 44.4 Å². The molecule has 7 rings (SSSR count). The molecule has 10 atom stereocenters. The number of ether oxygens (including phenoxy) is 3. The Bertz CT molecular complexity index is 1970. The fourth-order valence-electron chi connectivity index (χ4n) is 5.91. The van der Waals surface area contributed by atoms with Crippen LogP contribution < -0.4 is 11.3 Å². The van der Waals surface area contributed by atoms with Crippen LogP contribution in [0.4, 0.5) is 5.82 Å². The minimum atomic E-state index is -5.02.